The lowest BCUT2D eigenvalue weighted by atomic mass is 9.61. The smallest absolute Gasteiger partial charge is 0.243 e. The van der Waals surface area contributed by atoms with Gasteiger partial charge in [-0.3, -0.25) is 0 Å². The third-order valence-corrected chi connectivity index (χ3v) is 9.82. The molecule has 0 N–H and O–H groups in total. The first-order valence-electron chi connectivity index (χ1n) is 13.9. The van der Waals surface area contributed by atoms with Crippen molar-refractivity contribution in [3.8, 4) is 11.3 Å². The van der Waals surface area contributed by atoms with Gasteiger partial charge in [0, 0.05) is 17.0 Å². The van der Waals surface area contributed by atoms with Crippen molar-refractivity contribution in [2.24, 2.45) is 0 Å². The van der Waals surface area contributed by atoms with E-state index >= 15 is 0 Å². The third kappa shape index (κ3) is 2.94. The van der Waals surface area contributed by atoms with Crippen molar-refractivity contribution in [1.82, 2.24) is 9.38 Å². The van der Waals surface area contributed by atoms with Crippen LogP contribution in [0.1, 0.15) is 83.6 Å². The van der Waals surface area contributed by atoms with Crippen LogP contribution in [0, 0.1) is 13.8 Å². The van der Waals surface area contributed by atoms with Gasteiger partial charge >= 0.3 is 0 Å². The second kappa shape index (κ2) is 7.66. The van der Waals surface area contributed by atoms with Crippen LogP contribution in [0.5, 0.6) is 0 Å². The quantitative estimate of drug-likeness (QED) is 0.233. The van der Waals surface area contributed by atoms with Crippen LogP contribution in [0.25, 0.3) is 38.8 Å². The zero-order chi connectivity index (χ0) is 26.5. The van der Waals surface area contributed by atoms with E-state index in [1.165, 1.54) is 49.9 Å². The number of hydrogen-bond acceptors (Lipinski definition) is 1. The van der Waals surface area contributed by atoms with Crippen LogP contribution >= 0.6 is 0 Å². The fourth-order valence-corrected chi connectivity index (χ4v) is 7.12. The minimum Gasteiger partial charge on any atom is -0.243 e. The van der Waals surface area contributed by atoms with Crippen LogP contribution in [0.4, 0.5) is 0 Å². The average Bonchev–Trinajstić information content (AvgIpc) is 3.22. The molecule has 1 aliphatic heterocycles. The molecule has 3 aromatic heterocycles. The highest BCUT2D eigenvalue weighted by molar-refractivity contribution is 6.10. The van der Waals surface area contributed by atoms with Crippen molar-refractivity contribution in [3.05, 3.63) is 77.0 Å². The number of aromatic nitrogens is 3. The highest BCUT2D eigenvalue weighted by Crippen LogP contribution is 2.52. The van der Waals surface area contributed by atoms with Gasteiger partial charge in [0.1, 0.15) is 11.2 Å². The average molecular weight is 491 g/mol. The van der Waals surface area contributed by atoms with E-state index in [4.69, 9.17) is 4.98 Å². The lowest BCUT2D eigenvalue weighted by molar-refractivity contribution is -0.728. The summed E-state index contributed by atoms with van der Waals surface area (Å²) < 4.78 is 5.08. The number of hydrogen-bond donors (Lipinski definition) is 0. The van der Waals surface area contributed by atoms with Crippen LogP contribution in [-0.4, -0.2) is 9.38 Å². The van der Waals surface area contributed by atoms with E-state index in [1.54, 1.807) is 0 Å². The minimum absolute atomic E-state index is 0.0364. The van der Waals surface area contributed by atoms with Crippen molar-refractivity contribution in [2.75, 3.05) is 0 Å². The van der Waals surface area contributed by atoms with Crippen LogP contribution < -0.4 is 4.57 Å². The highest BCUT2D eigenvalue weighted by Gasteiger charge is 2.55. The summed E-state index contributed by atoms with van der Waals surface area (Å²) in [6.45, 7) is 21.1. The predicted octanol–water partition coefficient (Wildman–Crippen LogP) is 8.32. The molecular formula is C34H40N3+. The summed E-state index contributed by atoms with van der Waals surface area (Å²) >= 11 is 0. The van der Waals surface area contributed by atoms with Crippen LogP contribution in [0.15, 0.2) is 54.7 Å². The van der Waals surface area contributed by atoms with Gasteiger partial charge in [0.05, 0.1) is 17.1 Å². The number of benzene rings is 2. The molecule has 5 aromatic rings. The summed E-state index contributed by atoms with van der Waals surface area (Å²) in [7, 11) is 0. The minimum atomic E-state index is -0.0913. The first-order valence-corrected chi connectivity index (χ1v) is 13.9. The Kier molecular flexibility index (Phi) is 5.00. The van der Waals surface area contributed by atoms with Crippen molar-refractivity contribution in [3.63, 3.8) is 0 Å². The molecule has 4 heterocycles. The van der Waals surface area contributed by atoms with E-state index in [2.05, 4.69) is 126 Å². The maximum absolute atomic E-state index is 5.57. The zero-order valence-electron chi connectivity index (χ0n) is 24.0. The summed E-state index contributed by atoms with van der Waals surface area (Å²) in [5.74, 6) is 0. The number of pyridine rings is 2. The second-order valence-electron chi connectivity index (χ2n) is 12.7. The van der Waals surface area contributed by atoms with Gasteiger partial charge in [-0.25, -0.2) is 9.55 Å². The lowest BCUT2D eigenvalue weighted by Gasteiger charge is -2.47. The number of imidazole rings is 1. The molecule has 3 nitrogen and oxygen atoms in total. The van der Waals surface area contributed by atoms with E-state index < -0.39 is 0 Å². The van der Waals surface area contributed by atoms with Crippen LogP contribution in [0.2, 0.25) is 0 Å². The van der Waals surface area contributed by atoms with E-state index in [1.807, 2.05) is 0 Å². The van der Waals surface area contributed by atoms with E-state index in [0.29, 0.717) is 0 Å². The molecule has 0 aliphatic carbocycles. The third-order valence-electron chi connectivity index (χ3n) is 9.82. The SMILES string of the molecule is CCC1(C)c2cc(C(C)(C)C)cc3nc(-c4c(C)cccc4C)c4c(c23)[n+](c2ccccn42)C1(C)CC. The zero-order valence-corrected chi connectivity index (χ0v) is 24.0. The Bertz CT molecular complexity index is 1710. The summed E-state index contributed by atoms with van der Waals surface area (Å²) in [6.07, 6.45) is 4.34. The van der Waals surface area contributed by atoms with Gasteiger partial charge in [-0.15, -0.1) is 0 Å². The maximum atomic E-state index is 5.57. The molecule has 1 aliphatic rings. The molecule has 0 spiro atoms. The molecule has 0 bridgehead atoms. The summed E-state index contributed by atoms with van der Waals surface area (Å²) in [4.78, 5) is 5.57. The van der Waals surface area contributed by atoms with E-state index in [-0.39, 0.29) is 16.4 Å². The maximum Gasteiger partial charge on any atom is 0.287 e. The molecule has 190 valence electrons. The second-order valence-corrected chi connectivity index (χ2v) is 12.7. The molecule has 0 saturated carbocycles. The molecule has 0 amide bonds. The Labute approximate surface area is 221 Å². The topological polar surface area (TPSA) is 21.2 Å². The normalized spacial score (nSPS) is 21.5. The molecule has 37 heavy (non-hydrogen) atoms. The highest BCUT2D eigenvalue weighted by atomic mass is 15.2. The van der Waals surface area contributed by atoms with Gasteiger partial charge < -0.3 is 0 Å². The molecule has 0 saturated heterocycles. The number of rotatable bonds is 3. The molecular weight excluding hydrogens is 450 g/mol. The Morgan fingerprint density at radius 1 is 0.919 bits per heavy atom. The Morgan fingerprint density at radius 3 is 2.24 bits per heavy atom. The number of aryl methyl sites for hydroxylation is 2. The Balaban J connectivity index is 1.98. The molecule has 2 aromatic carbocycles. The van der Waals surface area contributed by atoms with Crippen molar-refractivity contribution in [1.29, 1.82) is 0 Å². The van der Waals surface area contributed by atoms with Crippen LogP contribution in [-0.2, 0) is 16.4 Å². The molecule has 0 radical (unpaired) electrons. The van der Waals surface area contributed by atoms with Crippen LogP contribution in [0.3, 0.4) is 0 Å². The lowest BCUT2D eigenvalue weighted by Crippen LogP contribution is -2.66. The van der Waals surface area contributed by atoms with E-state index in [0.717, 1.165) is 24.1 Å². The van der Waals surface area contributed by atoms with Gasteiger partial charge in [-0.1, -0.05) is 71.9 Å². The molecule has 0 fully saturated rings. The fourth-order valence-electron chi connectivity index (χ4n) is 7.12. The molecule has 2 atom stereocenters. The van der Waals surface area contributed by atoms with Crippen molar-refractivity contribution in [2.45, 2.75) is 91.5 Å². The molecule has 3 heteroatoms. The molecule has 2 unspecified atom stereocenters. The van der Waals surface area contributed by atoms with Gasteiger partial charge in [0.15, 0.2) is 5.52 Å². The number of nitrogens with zero attached hydrogens (tertiary/aromatic N) is 3. The Morgan fingerprint density at radius 2 is 1.62 bits per heavy atom. The van der Waals surface area contributed by atoms with Crippen molar-refractivity contribution < 1.29 is 4.57 Å². The van der Waals surface area contributed by atoms with Gasteiger partial charge in [-0.2, -0.15) is 4.40 Å². The number of fused-ring (bicyclic) bond motifs is 3. The van der Waals surface area contributed by atoms with Gasteiger partial charge in [0.2, 0.25) is 5.52 Å². The summed E-state index contributed by atoms with van der Waals surface area (Å²) in [5, 5.41) is 1.33. The summed E-state index contributed by atoms with van der Waals surface area (Å²) in [6, 6.07) is 18.1. The fraction of sp³-hybridized carbons (Fsp3) is 0.412. The first-order chi connectivity index (χ1) is 17.5. The van der Waals surface area contributed by atoms with Gasteiger partial charge in [-0.05, 0) is 73.4 Å². The monoisotopic (exact) mass is 490 g/mol. The standard InChI is InChI=1S/C34H40N3/c1-10-33(8)24-19-23(32(5,6)7)20-25-28(24)30-31(29(35-25)27-21(3)15-14-16-22(27)4)36-18-13-12-17-26(36)37(30)34(33,9)11-2/h12-20H,10-11H2,1-9H3/q+1. The molecule has 6 rings (SSSR count). The Hall–Kier alpha value is -3.20. The summed E-state index contributed by atoms with van der Waals surface area (Å²) in [5.41, 5.74) is 12.5. The predicted molar refractivity (Wildman–Crippen MR) is 156 cm³/mol. The largest absolute Gasteiger partial charge is 0.287 e. The van der Waals surface area contributed by atoms with Crippen molar-refractivity contribution >= 4 is 27.6 Å². The van der Waals surface area contributed by atoms with E-state index in [9.17, 15) is 0 Å². The first kappa shape index (κ1) is 24.2. The van der Waals surface area contributed by atoms with Gasteiger partial charge in [0.25, 0.3) is 5.65 Å².